The van der Waals surface area contributed by atoms with Gasteiger partial charge in [-0.3, -0.25) is 0 Å². The summed E-state index contributed by atoms with van der Waals surface area (Å²) < 4.78 is 2.80. The van der Waals surface area contributed by atoms with Gasteiger partial charge in [0.25, 0.3) is 0 Å². The molecule has 0 fully saturated rings. The monoisotopic (exact) mass is 280 g/mol. The summed E-state index contributed by atoms with van der Waals surface area (Å²) >= 11 is 3.37. The molecule has 0 spiro atoms. The van der Waals surface area contributed by atoms with Crippen molar-refractivity contribution in [2.45, 2.75) is 0 Å². The predicted molar refractivity (Wildman–Crippen MR) is 65.1 cm³/mol. The van der Waals surface area contributed by atoms with Crippen molar-refractivity contribution in [3.8, 4) is 0 Å². The normalized spacial score (nSPS) is 11.4. The fourth-order valence-corrected chi connectivity index (χ4v) is 1.84. The molecular formula is C11H9BrN2O2. The van der Waals surface area contributed by atoms with Crippen LogP contribution in [0, 0.1) is 0 Å². The average molecular weight is 281 g/mol. The van der Waals surface area contributed by atoms with E-state index in [0.717, 1.165) is 21.6 Å². The first-order valence-corrected chi connectivity index (χ1v) is 5.40. The minimum atomic E-state index is -0.978. The first-order chi connectivity index (χ1) is 7.58. The number of hydrogen-bond donors (Lipinski definition) is 1. The zero-order valence-corrected chi connectivity index (χ0v) is 10.1. The molecule has 1 heterocycles. The number of nitrogens with zero attached hydrogens (tertiary/aromatic N) is 2. The van der Waals surface area contributed by atoms with Crippen LogP contribution >= 0.6 is 15.9 Å². The van der Waals surface area contributed by atoms with Gasteiger partial charge in [0.1, 0.15) is 5.82 Å². The van der Waals surface area contributed by atoms with Gasteiger partial charge in [-0.05, 0) is 24.3 Å². The highest BCUT2D eigenvalue weighted by Crippen LogP contribution is 2.20. The number of fused-ring (bicyclic) bond motifs is 1. The van der Waals surface area contributed by atoms with E-state index < -0.39 is 5.97 Å². The smallest absolute Gasteiger partial charge is 0.328 e. The lowest BCUT2D eigenvalue weighted by Gasteiger charge is -1.96. The minimum absolute atomic E-state index is 0.621. The minimum Gasteiger partial charge on any atom is -0.478 e. The number of aromatic nitrogens is 2. The SMILES string of the molecule is Cn1c(/C=C/C(=O)O)nc2cc(Br)ccc21. The molecule has 0 aliphatic rings. The van der Waals surface area contributed by atoms with Crippen LogP contribution < -0.4 is 0 Å². The Morgan fingerprint density at radius 1 is 1.56 bits per heavy atom. The Kier molecular flexibility index (Phi) is 2.78. The molecule has 0 atom stereocenters. The first kappa shape index (κ1) is 10.9. The van der Waals surface area contributed by atoms with Gasteiger partial charge < -0.3 is 9.67 Å². The lowest BCUT2D eigenvalue weighted by Crippen LogP contribution is -1.92. The van der Waals surface area contributed by atoms with Gasteiger partial charge in [0.05, 0.1) is 11.0 Å². The molecule has 0 bridgehead atoms. The second-order valence-electron chi connectivity index (χ2n) is 3.33. The summed E-state index contributed by atoms with van der Waals surface area (Å²) in [5.41, 5.74) is 1.80. The van der Waals surface area contributed by atoms with Crippen LogP contribution in [-0.2, 0) is 11.8 Å². The highest BCUT2D eigenvalue weighted by molar-refractivity contribution is 9.10. The lowest BCUT2D eigenvalue weighted by molar-refractivity contribution is -0.131. The summed E-state index contributed by atoms with van der Waals surface area (Å²) in [7, 11) is 1.85. The van der Waals surface area contributed by atoms with E-state index in [-0.39, 0.29) is 0 Å². The van der Waals surface area contributed by atoms with Crippen molar-refractivity contribution < 1.29 is 9.90 Å². The molecule has 1 aromatic carbocycles. The molecule has 0 saturated heterocycles. The number of carbonyl (C=O) groups is 1. The number of aliphatic carboxylic acids is 1. The number of imidazole rings is 1. The third-order valence-corrected chi connectivity index (χ3v) is 2.75. The van der Waals surface area contributed by atoms with Gasteiger partial charge in [0.15, 0.2) is 0 Å². The quantitative estimate of drug-likeness (QED) is 0.860. The number of halogens is 1. The van der Waals surface area contributed by atoms with Gasteiger partial charge in [-0.2, -0.15) is 0 Å². The Bertz CT molecular complexity index is 587. The third kappa shape index (κ3) is 1.99. The fourth-order valence-electron chi connectivity index (χ4n) is 1.49. The molecule has 4 nitrogen and oxygen atoms in total. The highest BCUT2D eigenvalue weighted by atomic mass is 79.9. The van der Waals surface area contributed by atoms with Gasteiger partial charge in [0, 0.05) is 17.6 Å². The van der Waals surface area contributed by atoms with Gasteiger partial charge in [-0.25, -0.2) is 9.78 Å². The lowest BCUT2D eigenvalue weighted by atomic mass is 10.3. The second-order valence-corrected chi connectivity index (χ2v) is 4.25. The fraction of sp³-hybridized carbons (Fsp3) is 0.0909. The van der Waals surface area contributed by atoms with E-state index >= 15 is 0 Å². The summed E-state index contributed by atoms with van der Waals surface area (Å²) in [6, 6.07) is 5.76. The van der Waals surface area contributed by atoms with Crippen molar-refractivity contribution in [3.63, 3.8) is 0 Å². The van der Waals surface area contributed by atoms with Crippen LogP contribution in [0.4, 0.5) is 0 Å². The number of aryl methyl sites for hydroxylation is 1. The van der Waals surface area contributed by atoms with Gasteiger partial charge in [0.2, 0.25) is 0 Å². The highest BCUT2D eigenvalue weighted by Gasteiger charge is 2.05. The van der Waals surface area contributed by atoms with Gasteiger partial charge >= 0.3 is 5.97 Å². The molecule has 82 valence electrons. The van der Waals surface area contributed by atoms with E-state index in [9.17, 15) is 4.79 Å². The summed E-state index contributed by atoms with van der Waals surface area (Å²) in [4.78, 5) is 14.7. The molecule has 1 aromatic heterocycles. The third-order valence-electron chi connectivity index (χ3n) is 2.25. The molecule has 2 rings (SSSR count). The summed E-state index contributed by atoms with van der Waals surface area (Å²) in [6.07, 6.45) is 2.56. The van der Waals surface area contributed by atoms with E-state index in [1.54, 1.807) is 0 Å². The largest absolute Gasteiger partial charge is 0.478 e. The van der Waals surface area contributed by atoms with Crippen LogP contribution in [0.15, 0.2) is 28.7 Å². The summed E-state index contributed by atoms with van der Waals surface area (Å²) in [6.45, 7) is 0. The van der Waals surface area contributed by atoms with E-state index in [4.69, 9.17) is 5.11 Å². The molecule has 0 aliphatic heterocycles. The van der Waals surface area contributed by atoms with E-state index in [1.165, 1.54) is 6.08 Å². The Hall–Kier alpha value is -1.62. The second kappa shape index (κ2) is 4.09. The van der Waals surface area contributed by atoms with Crippen LogP contribution in [-0.4, -0.2) is 20.6 Å². The zero-order chi connectivity index (χ0) is 11.7. The van der Waals surface area contributed by atoms with E-state index in [1.807, 2.05) is 29.8 Å². The molecule has 16 heavy (non-hydrogen) atoms. The number of carboxylic acid groups (broad SMARTS) is 1. The predicted octanol–water partition coefficient (Wildman–Crippen LogP) is 2.43. The molecule has 0 aliphatic carbocycles. The average Bonchev–Trinajstić information content (AvgIpc) is 2.52. The van der Waals surface area contributed by atoms with Crippen LogP contribution in [0.2, 0.25) is 0 Å². The van der Waals surface area contributed by atoms with Crippen LogP contribution in [0.3, 0.4) is 0 Å². The molecule has 2 aromatic rings. The molecule has 0 unspecified atom stereocenters. The number of rotatable bonds is 2. The molecule has 1 N–H and O–H groups in total. The Morgan fingerprint density at radius 2 is 2.31 bits per heavy atom. The number of benzene rings is 1. The van der Waals surface area contributed by atoms with E-state index in [2.05, 4.69) is 20.9 Å². The van der Waals surface area contributed by atoms with Gasteiger partial charge in [-0.1, -0.05) is 15.9 Å². The van der Waals surface area contributed by atoms with Crippen molar-refractivity contribution in [3.05, 3.63) is 34.6 Å². The Morgan fingerprint density at radius 3 is 3.00 bits per heavy atom. The number of hydrogen-bond acceptors (Lipinski definition) is 2. The zero-order valence-electron chi connectivity index (χ0n) is 8.51. The maximum atomic E-state index is 10.4. The van der Waals surface area contributed by atoms with Crippen molar-refractivity contribution in [2.75, 3.05) is 0 Å². The maximum absolute atomic E-state index is 10.4. The van der Waals surface area contributed by atoms with Crippen molar-refractivity contribution >= 4 is 39.0 Å². The molecular weight excluding hydrogens is 272 g/mol. The summed E-state index contributed by atoms with van der Waals surface area (Å²) in [5, 5.41) is 8.55. The Labute approximate surface area is 100 Å². The standard InChI is InChI=1S/C11H9BrN2O2/c1-14-9-3-2-7(12)6-8(9)13-10(14)4-5-11(15)16/h2-6H,1H3,(H,15,16)/b5-4+. The molecule has 5 heteroatoms. The van der Waals surface area contributed by atoms with Crippen molar-refractivity contribution in [2.24, 2.45) is 7.05 Å². The van der Waals surface area contributed by atoms with Crippen molar-refractivity contribution in [1.29, 1.82) is 0 Å². The van der Waals surface area contributed by atoms with E-state index in [0.29, 0.717) is 5.82 Å². The van der Waals surface area contributed by atoms with Gasteiger partial charge in [-0.15, -0.1) is 0 Å². The Balaban J connectivity index is 2.55. The molecule has 0 amide bonds. The first-order valence-electron chi connectivity index (χ1n) is 4.61. The molecule has 0 radical (unpaired) electrons. The number of carboxylic acids is 1. The van der Waals surface area contributed by atoms with Crippen LogP contribution in [0.1, 0.15) is 5.82 Å². The van der Waals surface area contributed by atoms with Crippen LogP contribution in [0.25, 0.3) is 17.1 Å². The topological polar surface area (TPSA) is 55.1 Å². The molecule has 0 saturated carbocycles. The maximum Gasteiger partial charge on any atom is 0.328 e. The van der Waals surface area contributed by atoms with Crippen LogP contribution in [0.5, 0.6) is 0 Å². The van der Waals surface area contributed by atoms with Crippen molar-refractivity contribution in [1.82, 2.24) is 9.55 Å². The summed E-state index contributed by atoms with van der Waals surface area (Å²) in [5.74, 6) is -0.358.